The Hall–Kier alpha value is -2.18. The average molecular weight is 358 g/mol. The molecule has 2 aromatic heterocycles. The normalized spacial score (nSPS) is 10.8. The van der Waals surface area contributed by atoms with E-state index in [9.17, 15) is 4.79 Å². The molecular weight excluding hydrogens is 340 g/mol. The van der Waals surface area contributed by atoms with E-state index in [1.54, 1.807) is 11.3 Å². The highest BCUT2D eigenvalue weighted by Crippen LogP contribution is 2.28. The summed E-state index contributed by atoms with van der Waals surface area (Å²) in [6.45, 7) is 4.22. The molecule has 0 fully saturated rings. The van der Waals surface area contributed by atoms with Crippen molar-refractivity contribution in [2.24, 2.45) is 0 Å². The van der Waals surface area contributed by atoms with Crippen molar-refractivity contribution < 1.29 is 9.53 Å². The Kier molecular flexibility index (Phi) is 5.27. The molecule has 124 valence electrons. The van der Waals surface area contributed by atoms with E-state index < -0.39 is 0 Å². The maximum absolute atomic E-state index is 12.0. The van der Waals surface area contributed by atoms with E-state index in [-0.39, 0.29) is 12.5 Å². The molecule has 1 N–H and O–H groups in total. The van der Waals surface area contributed by atoms with Crippen LogP contribution in [0, 0.1) is 0 Å². The fourth-order valence-corrected chi connectivity index (χ4v) is 3.62. The van der Waals surface area contributed by atoms with Gasteiger partial charge in [-0.1, -0.05) is 32.0 Å². The number of thiophene rings is 1. The molecule has 6 heteroatoms. The molecule has 4 nitrogen and oxygen atoms in total. The number of carbonyl (C=O) groups is 1. The quantitative estimate of drug-likeness (QED) is 0.674. The van der Waals surface area contributed by atoms with Crippen LogP contribution < -0.4 is 10.1 Å². The van der Waals surface area contributed by atoms with Gasteiger partial charge in [-0.05, 0) is 35.1 Å². The molecule has 0 saturated heterocycles. The molecule has 1 aromatic carbocycles. The fourth-order valence-electron chi connectivity index (χ4n) is 2.14. The second-order valence-electron chi connectivity index (χ2n) is 5.58. The molecule has 0 unspecified atom stereocenters. The number of amides is 1. The molecule has 0 spiro atoms. The van der Waals surface area contributed by atoms with Crippen LogP contribution in [0.1, 0.15) is 25.3 Å². The topological polar surface area (TPSA) is 51.2 Å². The Balaban J connectivity index is 1.55. The molecule has 3 rings (SSSR count). The summed E-state index contributed by atoms with van der Waals surface area (Å²) in [5.41, 5.74) is 2.07. The van der Waals surface area contributed by atoms with Gasteiger partial charge in [0.2, 0.25) is 0 Å². The van der Waals surface area contributed by atoms with E-state index in [1.807, 2.05) is 41.1 Å². The first kappa shape index (κ1) is 16.7. The lowest BCUT2D eigenvalue weighted by molar-refractivity contribution is -0.118. The van der Waals surface area contributed by atoms with Crippen LogP contribution in [0.4, 0.5) is 5.13 Å². The second-order valence-corrected chi connectivity index (χ2v) is 7.39. The summed E-state index contributed by atoms with van der Waals surface area (Å²) in [6, 6.07) is 11.8. The molecule has 0 aliphatic rings. The third-order valence-corrected chi connectivity index (χ3v) is 5.07. The molecule has 0 atom stereocenters. The Bertz CT molecular complexity index is 810. The lowest BCUT2D eigenvalue weighted by Gasteiger charge is -2.09. The monoisotopic (exact) mass is 358 g/mol. The average Bonchev–Trinajstić information content (AvgIpc) is 3.24. The number of hydrogen-bond donors (Lipinski definition) is 1. The van der Waals surface area contributed by atoms with Crippen LogP contribution >= 0.6 is 22.7 Å². The number of thiazole rings is 1. The van der Waals surface area contributed by atoms with E-state index in [4.69, 9.17) is 4.74 Å². The summed E-state index contributed by atoms with van der Waals surface area (Å²) >= 11 is 3.04. The number of carbonyl (C=O) groups excluding carboxylic acids is 1. The summed E-state index contributed by atoms with van der Waals surface area (Å²) < 4.78 is 5.58. The third-order valence-electron chi connectivity index (χ3n) is 3.42. The van der Waals surface area contributed by atoms with Gasteiger partial charge in [-0.25, -0.2) is 4.98 Å². The van der Waals surface area contributed by atoms with Crippen molar-refractivity contribution in [3.63, 3.8) is 0 Å². The maximum Gasteiger partial charge on any atom is 0.264 e. The van der Waals surface area contributed by atoms with Crippen molar-refractivity contribution in [1.29, 1.82) is 0 Å². The smallest absolute Gasteiger partial charge is 0.264 e. The SMILES string of the molecule is CC(C)c1cccc(OCC(=O)Nc2nc(-c3cccs3)cs2)c1. The predicted octanol–water partition coefficient (Wildman–Crippen LogP) is 5.01. The summed E-state index contributed by atoms with van der Waals surface area (Å²) in [5.74, 6) is 0.917. The number of aromatic nitrogens is 1. The Morgan fingerprint density at radius 3 is 2.88 bits per heavy atom. The zero-order valence-corrected chi connectivity index (χ0v) is 15.1. The molecular formula is C18H18N2O2S2. The van der Waals surface area contributed by atoms with Crippen molar-refractivity contribution in [2.45, 2.75) is 19.8 Å². The Morgan fingerprint density at radius 1 is 1.25 bits per heavy atom. The van der Waals surface area contributed by atoms with Crippen molar-refractivity contribution in [3.05, 3.63) is 52.7 Å². The molecule has 0 aliphatic carbocycles. The summed E-state index contributed by atoms with van der Waals surface area (Å²) in [6.07, 6.45) is 0. The number of nitrogens with one attached hydrogen (secondary N) is 1. The van der Waals surface area contributed by atoms with Gasteiger partial charge < -0.3 is 4.74 Å². The number of rotatable bonds is 6. The van der Waals surface area contributed by atoms with E-state index >= 15 is 0 Å². The molecule has 0 radical (unpaired) electrons. The predicted molar refractivity (Wildman–Crippen MR) is 100 cm³/mol. The zero-order chi connectivity index (χ0) is 16.9. The van der Waals surface area contributed by atoms with Crippen LogP contribution in [-0.4, -0.2) is 17.5 Å². The maximum atomic E-state index is 12.0. The molecule has 2 heterocycles. The molecule has 0 bridgehead atoms. The van der Waals surface area contributed by atoms with Gasteiger partial charge in [0, 0.05) is 5.38 Å². The highest BCUT2D eigenvalue weighted by Gasteiger charge is 2.09. The highest BCUT2D eigenvalue weighted by molar-refractivity contribution is 7.16. The van der Waals surface area contributed by atoms with Gasteiger partial charge in [0.15, 0.2) is 11.7 Å². The molecule has 0 aliphatic heterocycles. The number of ether oxygens (including phenoxy) is 1. The van der Waals surface area contributed by atoms with E-state index in [1.165, 1.54) is 16.9 Å². The van der Waals surface area contributed by atoms with Crippen LogP contribution in [0.2, 0.25) is 0 Å². The number of anilines is 1. The van der Waals surface area contributed by atoms with Gasteiger partial charge >= 0.3 is 0 Å². The first-order valence-electron chi connectivity index (χ1n) is 7.64. The third kappa shape index (κ3) is 4.21. The number of benzene rings is 1. The van der Waals surface area contributed by atoms with Crippen molar-refractivity contribution in [1.82, 2.24) is 4.98 Å². The van der Waals surface area contributed by atoms with Crippen LogP contribution in [0.5, 0.6) is 5.75 Å². The van der Waals surface area contributed by atoms with Gasteiger partial charge in [0.05, 0.1) is 10.6 Å². The lowest BCUT2D eigenvalue weighted by Crippen LogP contribution is -2.20. The van der Waals surface area contributed by atoms with Crippen LogP contribution in [0.15, 0.2) is 47.2 Å². The summed E-state index contributed by atoms with van der Waals surface area (Å²) in [5, 5.41) is 7.31. The van der Waals surface area contributed by atoms with Crippen LogP contribution in [0.25, 0.3) is 10.6 Å². The highest BCUT2D eigenvalue weighted by atomic mass is 32.1. The van der Waals surface area contributed by atoms with Crippen molar-refractivity contribution >= 4 is 33.7 Å². The van der Waals surface area contributed by atoms with Gasteiger partial charge in [-0.3, -0.25) is 10.1 Å². The summed E-state index contributed by atoms with van der Waals surface area (Å²) in [4.78, 5) is 17.6. The minimum Gasteiger partial charge on any atom is -0.484 e. The minimum absolute atomic E-state index is 0.0323. The molecule has 0 saturated carbocycles. The Morgan fingerprint density at radius 2 is 2.12 bits per heavy atom. The molecule has 3 aromatic rings. The zero-order valence-electron chi connectivity index (χ0n) is 13.5. The minimum atomic E-state index is -0.211. The number of nitrogens with zero attached hydrogens (tertiary/aromatic N) is 1. The van der Waals surface area contributed by atoms with Gasteiger partial charge in [-0.15, -0.1) is 22.7 Å². The van der Waals surface area contributed by atoms with E-state index in [0.29, 0.717) is 16.8 Å². The lowest BCUT2D eigenvalue weighted by atomic mass is 10.0. The fraction of sp³-hybridized carbons (Fsp3) is 0.222. The molecule has 1 amide bonds. The first-order chi connectivity index (χ1) is 11.6. The van der Waals surface area contributed by atoms with Gasteiger partial charge in [0.25, 0.3) is 5.91 Å². The standard InChI is InChI=1S/C18H18N2O2S2/c1-12(2)13-5-3-6-14(9-13)22-10-17(21)20-18-19-15(11-24-18)16-7-4-8-23-16/h3-9,11-12H,10H2,1-2H3,(H,19,20,21). The Labute approximate surface area is 149 Å². The van der Waals surface area contributed by atoms with Crippen molar-refractivity contribution in [3.8, 4) is 16.3 Å². The van der Waals surface area contributed by atoms with Gasteiger partial charge in [-0.2, -0.15) is 0 Å². The molecule has 24 heavy (non-hydrogen) atoms. The second kappa shape index (κ2) is 7.59. The first-order valence-corrected chi connectivity index (χ1v) is 9.40. The van der Waals surface area contributed by atoms with Crippen LogP contribution in [-0.2, 0) is 4.79 Å². The largest absolute Gasteiger partial charge is 0.484 e. The van der Waals surface area contributed by atoms with Crippen molar-refractivity contribution in [2.75, 3.05) is 11.9 Å². The summed E-state index contributed by atoms with van der Waals surface area (Å²) in [7, 11) is 0. The van der Waals surface area contributed by atoms with E-state index in [0.717, 1.165) is 10.6 Å². The van der Waals surface area contributed by atoms with Crippen LogP contribution in [0.3, 0.4) is 0 Å². The number of hydrogen-bond acceptors (Lipinski definition) is 5. The van der Waals surface area contributed by atoms with E-state index in [2.05, 4.69) is 30.2 Å². The van der Waals surface area contributed by atoms with Gasteiger partial charge in [0.1, 0.15) is 5.75 Å².